The molecule has 2 aliphatic rings. The normalized spacial score (nSPS) is 30.6. The van der Waals surface area contributed by atoms with Crippen molar-refractivity contribution in [2.75, 3.05) is 26.2 Å². The molecule has 0 unspecified atom stereocenters. The maximum atomic E-state index is 11.1. The fourth-order valence-electron chi connectivity index (χ4n) is 2.98. The van der Waals surface area contributed by atoms with Gasteiger partial charge in [-0.3, -0.25) is 4.90 Å². The molecule has 0 bridgehead atoms. The number of aldehydes is 1. The molecule has 0 N–H and O–H groups in total. The second-order valence-corrected chi connectivity index (χ2v) is 5.92. The number of nitrogens with zero attached hydrogens (tertiary/aromatic N) is 2. The van der Waals surface area contributed by atoms with Gasteiger partial charge in [-0.15, -0.1) is 0 Å². The summed E-state index contributed by atoms with van der Waals surface area (Å²) in [5.41, 5.74) is -0.0661. The van der Waals surface area contributed by atoms with Gasteiger partial charge in [-0.05, 0) is 25.7 Å². The van der Waals surface area contributed by atoms with Gasteiger partial charge in [0, 0.05) is 32.2 Å². The summed E-state index contributed by atoms with van der Waals surface area (Å²) in [5, 5.41) is 0. The molecule has 3 heteroatoms. The number of hydrogen-bond donors (Lipinski definition) is 0. The summed E-state index contributed by atoms with van der Waals surface area (Å²) in [6, 6.07) is 0.528. The summed E-state index contributed by atoms with van der Waals surface area (Å²) in [6.07, 6.45) is 3.33. The van der Waals surface area contributed by atoms with Crippen molar-refractivity contribution in [3.63, 3.8) is 0 Å². The summed E-state index contributed by atoms with van der Waals surface area (Å²) in [7, 11) is 0. The molecule has 1 saturated heterocycles. The van der Waals surface area contributed by atoms with E-state index in [4.69, 9.17) is 0 Å². The molecule has 0 amide bonds. The summed E-state index contributed by atoms with van der Waals surface area (Å²) in [5.74, 6) is 0.736. The van der Waals surface area contributed by atoms with E-state index >= 15 is 0 Å². The first kappa shape index (κ1) is 12.1. The summed E-state index contributed by atoms with van der Waals surface area (Å²) in [6.45, 7) is 11.3. The third kappa shape index (κ3) is 2.30. The molecular formula is C13H24N2O. The van der Waals surface area contributed by atoms with Crippen LogP contribution in [0.2, 0.25) is 0 Å². The number of carbonyl (C=O) groups is 1. The van der Waals surface area contributed by atoms with Crippen molar-refractivity contribution in [3.8, 4) is 0 Å². The van der Waals surface area contributed by atoms with E-state index in [1.807, 2.05) is 0 Å². The predicted molar refractivity (Wildman–Crippen MR) is 65.5 cm³/mol. The Bertz CT molecular complexity index is 261. The second-order valence-electron chi connectivity index (χ2n) is 5.92. The third-order valence-electron chi connectivity index (χ3n) is 3.89. The first-order valence-corrected chi connectivity index (χ1v) is 6.53. The molecule has 0 spiro atoms. The highest BCUT2D eigenvalue weighted by Gasteiger charge is 2.50. The van der Waals surface area contributed by atoms with Gasteiger partial charge in [0.25, 0.3) is 0 Å². The average molecular weight is 224 g/mol. The van der Waals surface area contributed by atoms with Crippen LogP contribution in [0.1, 0.15) is 33.6 Å². The summed E-state index contributed by atoms with van der Waals surface area (Å²) in [4.78, 5) is 16.1. The zero-order valence-electron chi connectivity index (χ0n) is 10.8. The Morgan fingerprint density at radius 3 is 2.50 bits per heavy atom. The minimum absolute atomic E-state index is 0.0661. The Kier molecular flexibility index (Phi) is 3.36. The highest BCUT2D eigenvalue weighted by atomic mass is 16.1. The Balaban J connectivity index is 1.90. The minimum atomic E-state index is -0.0661. The van der Waals surface area contributed by atoms with E-state index in [1.165, 1.54) is 12.8 Å². The van der Waals surface area contributed by atoms with E-state index in [2.05, 4.69) is 30.6 Å². The smallest absolute Gasteiger partial charge is 0.140 e. The molecule has 2 rings (SSSR count). The van der Waals surface area contributed by atoms with Gasteiger partial charge in [-0.2, -0.15) is 0 Å². The largest absolute Gasteiger partial charge is 0.301 e. The van der Waals surface area contributed by atoms with Gasteiger partial charge in [0.15, 0.2) is 0 Å². The first-order chi connectivity index (χ1) is 7.57. The van der Waals surface area contributed by atoms with Crippen LogP contribution in [-0.2, 0) is 4.79 Å². The molecule has 0 aromatic heterocycles. The van der Waals surface area contributed by atoms with Crippen LogP contribution < -0.4 is 0 Å². The predicted octanol–water partition coefficient (Wildman–Crippen LogP) is 1.38. The zero-order valence-corrected chi connectivity index (χ0v) is 10.8. The highest BCUT2D eigenvalue weighted by molar-refractivity contribution is 5.69. The van der Waals surface area contributed by atoms with Crippen molar-refractivity contribution in [1.82, 2.24) is 9.80 Å². The molecular weight excluding hydrogens is 200 g/mol. The van der Waals surface area contributed by atoms with Crippen molar-refractivity contribution in [3.05, 3.63) is 0 Å². The summed E-state index contributed by atoms with van der Waals surface area (Å²) >= 11 is 0. The van der Waals surface area contributed by atoms with E-state index in [0.29, 0.717) is 6.04 Å². The molecule has 2 fully saturated rings. The standard InChI is InChI=1S/C13H24N2O/c1-11(2)8-14-6-7-15(12(3)9-14)13(10-16)4-5-13/h10-12H,4-9H2,1-3H3/t12-/m1/s1. The van der Waals surface area contributed by atoms with Crippen LogP contribution in [0.5, 0.6) is 0 Å². The van der Waals surface area contributed by atoms with Crippen LogP contribution >= 0.6 is 0 Å². The lowest BCUT2D eigenvalue weighted by Gasteiger charge is -2.43. The van der Waals surface area contributed by atoms with Crippen LogP contribution in [0.25, 0.3) is 0 Å². The van der Waals surface area contributed by atoms with Gasteiger partial charge in [-0.25, -0.2) is 0 Å². The maximum absolute atomic E-state index is 11.1. The number of rotatable bonds is 4. The Morgan fingerprint density at radius 2 is 2.06 bits per heavy atom. The van der Waals surface area contributed by atoms with E-state index < -0.39 is 0 Å². The van der Waals surface area contributed by atoms with Gasteiger partial charge < -0.3 is 9.69 Å². The molecule has 0 aromatic carbocycles. The lowest BCUT2D eigenvalue weighted by molar-refractivity contribution is -0.116. The fraction of sp³-hybridized carbons (Fsp3) is 0.923. The SMILES string of the molecule is CC(C)CN1CCN(C2(C=O)CC2)[C@H](C)C1. The average Bonchev–Trinajstić information content (AvgIpc) is 2.97. The molecule has 3 nitrogen and oxygen atoms in total. The molecule has 1 heterocycles. The quantitative estimate of drug-likeness (QED) is 0.674. The van der Waals surface area contributed by atoms with Gasteiger partial charge in [-0.1, -0.05) is 13.8 Å². The topological polar surface area (TPSA) is 23.6 Å². The number of carbonyl (C=O) groups excluding carboxylic acids is 1. The number of piperazine rings is 1. The van der Waals surface area contributed by atoms with E-state index in [0.717, 1.165) is 38.4 Å². The monoisotopic (exact) mass is 224 g/mol. The first-order valence-electron chi connectivity index (χ1n) is 6.53. The zero-order chi connectivity index (χ0) is 11.8. The molecule has 1 saturated carbocycles. The lowest BCUT2D eigenvalue weighted by atomic mass is 10.1. The Labute approximate surface area is 98.8 Å². The second kappa shape index (κ2) is 4.46. The fourth-order valence-corrected chi connectivity index (χ4v) is 2.98. The molecule has 1 aliphatic heterocycles. The molecule has 1 atom stereocenters. The van der Waals surface area contributed by atoms with Gasteiger partial charge in [0.05, 0.1) is 5.54 Å². The van der Waals surface area contributed by atoms with E-state index in [1.54, 1.807) is 0 Å². The van der Waals surface area contributed by atoms with E-state index in [9.17, 15) is 4.79 Å². The van der Waals surface area contributed by atoms with Crippen LogP contribution in [0.4, 0.5) is 0 Å². The lowest BCUT2D eigenvalue weighted by Crippen LogP contribution is -2.57. The molecule has 16 heavy (non-hydrogen) atoms. The third-order valence-corrected chi connectivity index (χ3v) is 3.89. The van der Waals surface area contributed by atoms with Gasteiger partial charge >= 0.3 is 0 Å². The molecule has 0 radical (unpaired) electrons. The van der Waals surface area contributed by atoms with Crippen LogP contribution in [-0.4, -0.2) is 53.8 Å². The Morgan fingerprint density at radius 1 is 1.38 bits per heavy atom. The maximum Gasteiger partial charge on any atom is 0.140 e. The molecule has 1 aliphatic carbocycles. The molecule has 0 aromatic rings. The van der Waals surface area contributed by atoms with Crippen LogP contribution in [0.15, 0.2) is 0 Å². The van der Waals surface area contributed by atoms with Crippen molar-refractivity contribution in [1.29, 1.82) is 0 Å². The van der Waals surface area contributed by atoms with Crippen molar-refractivity contribution < 1.29 is 4.79 Å². The van der Waals surface area contributed by atoms with E-state index in [-0.39, 0.29) is 5.54 Å². The Hall–Kier alpha value is -0.410. The molecule has 92 valence electrons. The van der Waals surface area contributed by atoms with Crippen LogP contribution in [0, 0.1) is 5.92 Å². The van der Waals surface area contributed by atoms with Crippen molar-refractivity contribution in [2.45, 2.75) is 45.2 Å². The summed E-state index contributed by atoms with van der Waals surface area (Å²) < 4.78 is 0. The van der Waals surface area contributed by atoms with Crippen molar-refractivity contribution >= 4 is 6.29 Å². The van der Waals surface area contributed by atoms with Gasteiger partial charge in [0.2, 0.25) is 0 Å². The van der Waals surface area contributed by atoms with Crippen LogP contribution in [0.3, 0.4) is 0 Å². The van der Waals surface area contributed by atoms with Crippen molar-refractivity contribution in [2.24, 2.45) is 5.92 Å². The highest BCUT2D eigenvalue weighted by Crippen LogP contribution is 2.41. The van der Waals surface area contributed by atoms with Gasteiger partial charge in [0.1, 0.15) is 6.29 Å². The number of hydrogen-bond acceptors (Lipinski definition) is 3. The minimum Gasteiger partial charge on any atom is -0.301 e.